The lowest BCUT2D eigenvalue weighted by Crippen LogP contribution is -2.24. The molecule has 84 valence electrons. The van der Waals surface area contributed by atoms with Crippen LogP contribution in [0.15, 0.2) is 11.9 Å². The summed E-state index contributed by atoms with van der Waals surface area (Å²) in [6, 6.07) is 0. The molecular weight excluding hydrogens is 174 g/mol. The van der Waals surface area contributed by atoms with E-state index in [9.17, 15) is 0 Å². The van der Waals surface area contributed by atoms with Crippen LogP contribution in [0, 0.1) is 5.92 Å². The third kappa shape index (κ3) is 7.92. The first-order valence-corrected chi connectivity index (χ1v) is 5.59. The van der Waals surface area contributed by atoms with Crippen LogP contribution in [0.4, 0.5) is 0 Å². The van der Waals surface area contributed by atoms with Crippen molar-refractivity contribution in [3.05, 3.63) is 11.9 Å². The maximum atomic E-state index is 5.41. The Kier molecular flexibility index (Phi) is 8.43. The number of allylic oxidation sites excluding steroid dienone is 1. The number of hydrogen-bond donors (Lipinski definition) is 3. The first-order chi connectivity index (χ1) is 6.70. The zero-order valence-corrected chi connectivity index (χ0v) is 9.77. The van der Waals surface area contributed by atoms with Gasteiger partial charge in [0, 0.05) is 18.4 Å². The largest absolute Gasteiger partial charge is 0.389 e. The minimum absolute atomic E-state index is 0.668. The van der Waals surface area contributed by atoms with Gasteiger partial charge >= 0.3 is 0 Å². The van der Waals surface area contributed by atoms with E-state index in [1.165, 1.54) is 19.3 Å². The summed E-state index contributed by atoms with van der Waals surface area (Å²) in [5.41, 5.74) is 3.83. The van der Waals surface area contributed by atoms with E-state index in [2.05, 4.69) is 31.5 Å². The van der Waals surface area contributed by atoms with Gasteiger partial charge in [-0.15, -0.1) is 0 Å². The molecule has 0 aromatic heterocycles. The van der Waals surface area contributed by atoms with Crippen LogP contribution in [0.3, 0.4) is 0 Å². The van der Waals surface area contributed by atoms with E-state index in [4.69, 9.17) is 5.84 Å². The third-order valence-electron chi connectivity index (χ3n) is 2.04. The van der Waals surface area contributed by atoms with Gasteiger partial charge < -0.3 is 10.7 Å². The molecule has 3 heteroatoms. The van der Waals surface area contributed by atoms with Crippen molar-refractivity contribution in [2.45, 2.75) is 46.5 Å². The van der Waals surface area contributed by atoms with Crippen molar-refractivity contribution >= 4 is 0 Å². The summed E-state index contributed by atoms with van der Waals surface area (Å²) in [6.45, 7) is 7.58. The van der Waals surface area contributed by atoms with E-state index in [0.29, 0.717) is 5.92 Å². The van der Waals surface area contributed by atoms with Crippen molar-refractivity contribution in [2.24, 2.45) is 11.8 Å². The van der Waals surface area contributed by atoms with Gasteiger partial charge in [-0.05, 0) is 18.8 Å². The van der Waals surface area contributed by atoms with Crippen molar-refractivity contribution < 1.29 is 0 Å². The number of rotatable bonds is 8. The highest BCUT2D eigenvalue weighted by molar-refractivity contribution is 4.96. The molecule has 3 nitrogen and oxygen atoms in total. The molecule has 0 saturated carbocycles. The van der Waals surface area contributed by atoms with E-state index < -0.39 is 0 Å². The summed E-state index contributed by atoms with van der Waals surface area (Å²) in [7, 11) is 0. The minimum Gasteiger partial charge on any atom is -0.389 e. The second-order valence-corrected chi connectivity index (χ2v) is 4.07. The van der Waals surface area contributed by atoms with E-state index in [0.717, 1.165) is 18.7 Å². The number of hydrogen-bond acceptors (Lipinski definition) is 3. The summed E-state index contributed by atoms with van der Waals surface area (Å²) in [4.78, 5) is 0. The highest BCUT2D eigenvalue weighted by atomic mass is 15.2. The van der Waals surface area contributed by atoms with Crippen molar-refractivity contribution in [1.82, 2.24) is 10.7 Å². The summed E-state index contributed by atoms with van der Waals surface area (Å²) in [5, 5.41) is 3.26. The predicted octanol–water partition coefficient (Wildman–Crippen LogP) is 2.12. The standard InChI is InChI=1S/C11H25N3/c1-4-5-6-7-11(14-12)9-13-8-10(2)3/h9-10,13-14H,4-8,12H2,1-3H3/b11-9-. The van der Waals surface area contributed by atoms with E-state index >= 15 is 0 Å². The maximum absolute atomic E-state index is 5.41. The summed E-state index contributed by atoms with van der Waals surface area (Å²) in [5.74, 6) is 6.08. The molecule has 0 aliphatic rings. The van der Waals surface area contributed by atoms with Gasteiger partial charge in [-0.1, -0.05) is 33.6 Å². The average molecular weight is 199 g/mol. The predicted molar refractivity (Wildman–Crippen MR) is 62.4 cm³/mol. The Bertz CT molecular complexity index is 153. The van der Waals surface area contributed by atoms with Gasteiger partial charge in [0.05, 0.1) is 0 Å². The monoisotopic (exact) mass is 199 g/mol. The zero-order valence-electron chi connectivity index (χ0n) is 9.77. The Morgan fingerprint density at radius 2 is 2.07 bits per heavy atom. The fourth-order valence-electron chi connectivity index (χ4n) is 1.17. The van der Waals surface area contributed by atoms with Gasteiger partial charge in [0.1, 0.15) is 0 Å². The lowest BCUT2D eigenvalue weighted by Gasteiger charge is -2.09. The number of hydrazine groups is 1. The van der Waals surface area contributed by atoms with Gasteiger partial charge in [-0.25, -0.2) is 0 Å². The van der Waals surface area contributed by atoms with Crippen LogP contribution in [0.25, 0.3) is 0 Å². The average Bonchev–Trinajstić information content (AvgIpc) is 2.15. The molecule has 0 fully saturated rings. The highest BCUT2D eigenvalue weighted by Gasteiger charge is 1.95. The fourth-order valence-corrected chi connectivity index (χ4v) is 1.17. The molecule has 0 spiro atoms. The SMILES string of the molecule is CCCCC/C(=C/NCC(C)C)NN. The Morgan fingerprint density at radius 1 is 1.36 bits per heavy atom. The number of unbranched alkanes of at least 4 members (excludes halogenated alkanes) is 2. The van der Waals surface area contributed by atoms with Gasteiger partial charge in [0.15, 0.2) is 0 Å². The quantitative estimate of drug-likeness (QED) is 0.319. The van der Waals surface area contributed by atoms with Crippen molar-refractivity contribution in [3.8, 4) is 0 Å². The van der Waals surface area contributed by atoms with Gasteiger partial charge in [-0.2, -0.15) is 0 Å². The molecule has 0 rings (SSSR count). The Labute approximate surface area is 88.1 Å². The fraction of sp³-hybridized carbons (Fsp3) is 0.818. The Balaban J connectivity index is 3.63. The molecule has 0 unspecified atom stereocenters. The Hall–Kier alpha value is -0.700. The van der Waals surface area contributed by atoms with Crippen LogP contribution >= 0.6 is 0 Å². The first kappa shape index (κ1) is 13.3. The first-order valence-electron chi connectivity index (χ1n) is 5.59. The lowest BCUT2D eigenvalue weighted by molar-refractivity contribution is 0.601. The molecule has 0 saturated heterocycles. The molecule has 0 bridgehead atoms. The molecule has 0 aromatic carbocycles. The molecule has 4 N–H and O–H groups in total. The van der Waals surface area contributed by atoms with Crippen LogP contribution in [-0.4, -0.2) is 6.54 Å². The molecule has 0 aromatic rings. The molecule has 0 aliphatic heterocycles. The molecule has 0 amide bonds. The minimum atomic E-state index is 0.668. The van der Waals surface area contributed by atoms with Gasteiger partial charge in [0.2, 0.25) is 0 Å². The summed E-state index contributed by atoms with van der Waals surface area (Å²) in [6.07, 6.45) is 6.75. The van der Waals surface area contributed by atoms with Gasteiger partial charge in [0.25, 0.3) is 0 Å². The van der Waals surface area contributed by atoms with Crippen molar-refractivity contribution in [2.75, 3.05) is 6.54 Å². The molecule has 0 atom stereocenters. The third-order valence-corrected chi connectivity index (χ3v) is 2.04. The Morgan fingerprint density at radius 3 is 2.57 bits per heavy atom. The molecular formula is C11H25N3. The van der Waals surface area contributed by atoms with E-state index in [-0.39, 0.29) is 0 Å². The summed E-state index contributed by atoms with van der Waals surface area (Å²) < 4.78 is 0. The van der Waals surface area contributed by atoms with Crippen molar-refractivity contribution in [1.29, 1.82) is 0 Å². The normalized spacial score (nSPS) is 11.9. The second kappa shape index (κ2) is 8.88. The molecule has 0 heterocycles. The summed E-state index contributed by atoms with van der Waals surface area (Å²) >= 11 is 0. The topological polar surface area (TPSA) is 50.1 Å². The van der Waals surface area contributed by atoms with Crippen LogP contribution in [0.1, 0.15) is 46.5 Å². The van der Waals surface area contributed by atoms with Crippen LogP contribution in [0.2, 0.25) is 0 Å². The van der Waals surface area contributed by atoms with Crippen LogP contribution in [0.5, 0.6) is 0 Å². The lowest BCUT2D eigenvalue weighted by atomic mass is 10.2. The van der Waals surface area contributed by atoms with Gasteiger partial charge in [-0.3, -0.25) is 5.84 Å². The highest BCUT2D eigenvalue weighted by Crippen LogP contribution is 2.04. The second-order valence-electron chi connectivity index (χ2n) is 4.07. The number of nitrogens with one attached hydrogen (secondary N) is 2. The maximum Gasteiger partial charge on any atom is 0.0415 e. The smallest absolute Gasteiger partial charge is 0.0415 e. The van der Waals surface area contributed by atoms with Crippen LogP contribution < -0.4 is 16.6 Å². The van der Waals surface area contributed by atoms with E-state index in [1.54, 1.807) is 0 Å². The van der Waals surface area contributed by atoms with Crippen LogP contribution in [-0.2, 0) is 0 Å². The van der Waals surface area contributed by atoms with Crippen molar-refractivity contribution in [3.63, 3.8) is 0 Å². The molecule has 0 radical (unpaired) electrons. The van der Waals surface area contributed by atoms with E-state index in [1.807, 2.05) is 6.20 Å². The number of nitrogens with two attached hydrogens (primary N) is 1. The zero-order chi connectivity index (χ0) is 10.8. The molecule has 14 heavy (non-hydrogen) atoms. The molecule has 0 aliphatic carbocycles.